The van der Waals surface area contributed by atoms with Gasteiger partial charge in [-0.1, -0.05) is 13.8 Å². The van der Waals surface area contributed by atoms with E-state index in [1.165, 1.54) is 10.9 Å². The van der Waals surface area contributed by atoms with Gasteiger partial charge >= 0.3 is 0 Å². The van der Waals surface area contributed by atoms with Crippen molar-refractivity contribution in [1.29, 1.82) is 0 Å². The minimum Gasteiger partial charge on any atom is -0.380 e. The first kappa shape index (κ1) is 14.0. The van der Waals surface area contributed by atoms with Gasteiger partial charge in [0.05, 0.1) is 6.10 Å². The highest BCUT2D eigenvalue weighted by Gasteiger charge is 2.11. The third kappa shape index (κ3) is 3.33. The van der Waals surface area contributed by atoms with Gasteiger partial charge in [-0.05, 0) is 24.6 Å². The van der Waals surface area contributed by atoms with E-state index in [2.05, 4.69) is 47.9 Å². The SMILES string of the molecule is COC(C)Cn1cc(CNC(C)C)c2cccnc21. The topological polar surface area (TPSA) is 39.1 Å². The number of aromatic nitrogens is 2. The zero-order chi connectivity index (χ0) is 13.8. The molecule has 2 aromatic heterocycles. The maximum Gasteiger partial charge on any atom is 0.140 e. The molecule has 0 spiro atoms. The lowest BCUT2D eigenvalue weighted by molar-refractivity contribution is 0.104. The summed E-state index contributed by atoms with van der Waals surface area (Å²) in [6.07, 6.45) is 4.21. The number of methoxy groups -OCH3 is 1. The zero-order valence-electron chi connectivity index (χ0n) is 12.2. The highest BCUT2D eigenvalue weighted by Crippen LogP contribution is 2.20. The summed E-state index contributed by atoms with van der Waals surface area (Å²) in [6, 6.07) is 4.60. The van der Waals surface area contributed by atoms with Gasteiger partial charge in [0.25, 0.3) is 0 Å². The van der Waals surface area contributed by atoms with E-state index in [1.54, 1.807) is 7.11 Å². The van der Waals surface area contributed by atoms with Crippen molar-refractivity contribution in [2.45, 2.75) is 46.0 Å². The molecule has 0 bridgehead atoms. The third-order valence-electron chi connectivity index (χ3n) is 3.27. The molecule has 0 aliphatic heterocycles. The normalized spacial score (nSPS) is 13.3. The predicted octanol–water partition coefficient (Wildman–Crippen LogP) is 2.57. The van der Waals surface area contributed by atoms with E-state index in [9.17, 15) is 0 Å². The van der Waals surface area contributed by atoms with Gasteiger partial charge in [0.15, 0.2) is 0 Å². The summed E-state index contributed by atoms with van der Waals surface area (Å²) < 4.78 is 7.53. The predicted molar refractivity (Wildman–Crippen MR) is 78.2 cm³/mol. The number of hydrogen-bond donors (Lipinski definition) is 1. The van der Waals surface area contributed by atoms with Gasteiger partial charge in [-0.25, -0.2) is 4.98 Å². The standard InChI is InChI=1S/C15H23N3O/c1-11(2)17-8-13-10-18(9-12(3)19-4)15-14(13)6-5-7-16-15/h5-7,10-12,17H,8-9H2,1-4H3. The van der Waals surface area contributed by atoms with Crippen molar-refractivity contribution >= 4 is 11.0 Å². The van der Waals surface area contributed by atoms with E-state index in [0.29, 0.717) is 6.04 Å². The van der Waals surface area contributed by atoms with E-state index in [1.807, 2.05) is 12.3 Å². The van der Waals surface area contributed by atoms with Crippen LogP contribution in [-0.4, -0.2) is 28.8 Å². The fraction of sp³-hybridized carbons (Fsp3) is 0.533. The molecule has 1 unspecified atom stereocenters. The first-order valence-corrected chi connectivity index (χ1v) is 6.80. The van der Waals surface area contributed by atoms with Gasteiger partial charge in [0.2, 0.25) is 0 Å². The number of pyridine rings is 1. The van der Waals surface area contributed by atoms with Gasteiger partial charge in [-0.15, -0.1) is 0 Å². The molecule has 19 heavy (non-hydrogen) atoms. The molecule has 2 rings (SSSR count). The van der Waals surface area contributed by atoms with Crippen molar-refractivity contribution in [3.05, 3.63) is 30.1 Å². The first-order valence-electron chi connectivity index (χ1n) is 6.80. The highest BCUT2D eigenvalue weighted by atomic mass is 16.5. The maximum absolute atomic E-state index is 5.35. The Kier molecular flexibility index (Phi) is 4.56. The van der Waals surface area contributed by atoms with E-state index < -0.39 is 0 Å². The van der Waals surface area contributed by atoms with Crippen LogP contribution in [0.15, 0.2) is 24.5 Å². The molecule has 4 heteroatoms. The van der Waals surface area contributed by atoms with Crippen molar-refractivity contribution in [1.82, 2.24) is 14.9 Å². The molecule has 1 atom stereocenters. The summed E-state index contributed by atoms with van der Waals surface area (Å²) in [6.45, 7) is 8.08. The Balaban J connectivity index is 2.31. The van der Waals surface area contributed by atoms with Crippen LogP contribution in [0.5, 0.6) is 0 Å². The van der Waals surface area contributed by atoms with Crippen molar-refractivity contribution in [3.8, 4) is 0 Å². The van der Waals surface area contributed by atoms with Crippen LogP contribution in [0.2, 0.25) is 0 Å². The number of ether oxygens (including phenoxy) is 1. The molecule has 0 fully saturated rings. The van der Waals surface area contributed by atoms with E-state index in [-0.39, 0.29) is 6.10 Å². The number of nitrogens with one attached hydrogen (secondary N) is 1. The van der Waals surface area contributed by atoms with Gasteiger partial charge < -0.3 is 14.6 Å². The second kappa shape index (κ2) is 6.17. The fourth-order valence-corrected chi connectivity index (χ4v) is 2.14. The van der Waals surface area contributed by atoms with Gasteiger partial charge in [-0.2, -0.15) is 0 Å². The Morgan fingerprint density at radius 1 is 1.37 bits per heavy atom. The van der Waals surface area contributed by atoms with Crippen LogP contribution in [0.4, 0.5) is 0 Å². The lowest BCUT2D eigenvalue weighted by atomic mass is 10.2. The minimum atomic E-state index is 0.184. The Labute approximate surface area is 114 Å². The number of rotatable bonds is 6. The van der Waals surface area contributed by atoms with E-state index in [0.717, 1.165) is 18.7 Å². The molecule has 0 saturated carbocycles. The summed E-state index contributed by atoms with van der Waals surface area (Å²) in [5.74, 6) is 0. The Hall–Kier alpha value is -1.39. The molecule has 1 N–H and O–H groups in total. The highest BCUT2D eigenvalue weighted by molar-refractivity contribution is 5.80. The molecular formula is C15H23N3O. The molecule has 2 aromatic rings. The van der Waals surface area contributed by atoms with Crippen LogP contribution in [0.3, 0.4) is 0 Å². The fourth-order valence-electron chi connectivity index (χ4n) is 2.14. The molecule has 0 amide bonds. The summed E-state index contributed by atoms with van der Waals surface area (Å²) >= 11 is 0. The van der Waals surface area contributed by atoms with Gasteiger partial charge in [0, 0.05) is 44.0 Å². The first-order chi connectivity index (χ1) is 9.11. The molecule has 4 nitrogen and oxygen atoms in total. The van der Waals surface area contributed by atoms with Crippen LogP contribution in [0.1, 0.15) is 26.3 Å². The lowest BCUT2D eigenvalue weighted by Gasteiger charge is -2.10. The number of hydrogen-bond acceptors (Lipinski definition) is 3. The average molecular weight is 261 g/mol. The van der Waals surface area contributed by atoms with Gasteiger partial charge in [-0.3, -0.25) is 0 Å². The maximum atomic E-state index is 5.35. The summed E-state index contributed by atoms with van der Waals surface area (Å²) in [7, 11) is 1.74. The smallest absolute Gasteiger partial charge is 0.140 e. The van der Waals surface area contributed by atoms with Crippen molar-refractivity contribution < 1.29 is 4.74 Å². The van der Waals surface area contributed by atoms with Crippen LogP contribution in [0.25, 0.3) is 11.0 Å². The average Bonchev–Trinajstić information content (AvgIpc) is 2.75. The van der Waals surface area contributed by atoms with Gasteiger partial charge in [0.1, 0.15) is 5.65 Å². The van der Waals surface area contributed by atoms with Crippen LogP contribution < -0.4 is 5.32 Å². The number of nitrogens with zero attached hydrogens (tertiary/aromatic N) is 2. The zero-order valence-corrected chi connectivity index (χ0v) is 12.2. The summed E-state index contributed by atoms with van der Waals surface area (Å²) in [5, 5.41) is 4.68. The second-order valence-electron chi connectivity index (χ2n) is 5.26. The Morgan fingerprint density at radius 3 is 2.84 bits per heavy atom. The molecule has 2 heterocycles. The molecule has 0 aromatic carbocycles. The van der Waals surface area contributed by atoms with Crippen LogP contribution >= 0.6 is 0 Å². The van der Waals surface area contributed by atoms with E-state index >= 15 is 0 Å². The summed E-state index contributed by atoms with van der Waals surface area (Å²) in [5.41, 5.74) is 2.33. The van der Waals surface area contributed by atoms with Crippen LogP contribution in [0, 0.1) is 0 Å². The van der Waals surface area contributed by atoms with Crippen molar-refractivity contribution in [2.24, 2.45) is 0 Å². The molecular weight excluding hydrogens is 238 g/mol. The Bertz CT molecular complexity index is 533. The molecule has 0 radical (unpaired) electrons. The van der Waals surface area contributed by atoms with E-state index in [4.69, 9.17) is 4.74 Å². The quantitative estimate of drug-likeness (QED) is 0.868. The lowest BCUT2D eigenvalue weighted by Crippen LogP contribution is -2.21. The molecule has 0 aliphatic carbocycles. The largest absolute Gasteiger partial charge is 0.380 e. The van der Waals surface area contributed by atoms with Crippen LogP contribution in [-0.2, 0) is 17.8 Å². The molecule has 104 valence electrons. The molecule has 0 aliphatic rings. The second-order valence-corrected chi connectivity index (χ2v) is 5.26. The molecule has 0 saturated heterocycles. The van der Waals surface area contributed by atoms with Crippen molar-refractivity contribution in [2.75, 3.05) is 7.11 Å². The minimum absolute atomic E-state index is 0.184. The number of fused-ring (bicyclic) bond motifs is 1. The van der Waals surface area contributed by atoms with Crippen molar-refractivity contribution in [3.63, 3.8) is 0 Å². The third-order valence-corrected chi connectivity index (χ3v) is 3.27. The Morgan fingerprint density at radius 2 is 2.16 bits per heavy atom. The summed E-state index contributed by atoms with van der Waals surface area (Å²) in [4.78, 5) is 4.50. The monoisotopic (exact) mass is 261 g/mol.